The predicted octanol–water partition coefficient (Wildman–Crippen LogP) is 5.25. The fraction of sp³-hybridized carbons (Fsp3) is 0.459. The molecule has 0 saturated carbocycles. The predicted molar refractivity (Wildman–Crippen MR) is 190 cm³/mol. The maximum Gasteiger partial charge on any atom is 0.309 e. The summed E-state index contributed by atoms with van der Waals surface area (Å²) in [6.45, 7) is 6.76. The van der Waals surface area contributed by atoms with E-state index in [-0.39, 0.29) is 62.3 Å². The van der Waals surface area contributed by atoms with Crippen LogP contribution in [0.4, 0.5) is 8.78 Å². The van der Waals surface area contributed by atoms with Crippen LogP contribution in [0.15, 0.2) is 59.5 Å². The zero-order valence-electron chi connectivity index (χ0n) is 30.2. The van der Waals surface area contributed by atoms with Gasteiger partial charge in [0.1, 0.15) is 28.6 Å². The molecule has 2 aromatic carbocycles. The van der Waals surface area contributed by atoms with Crippen molar-refractivity contribution in [3.8, 4) is 11.5 Å². The topological polar surface area (TPSA) is 153 Å². The number of benzene rings is 2. The van der Waals surface area contributed by atoms with Crippen molar-refractivity contribution in [2.24, 2.45) is 11.3 Å². The van der Waals surface area contributed by atoms with Gasteiger partial charge in [0.25, 0.3) is 5.91 Å². The van der Waals surface area contributed by atoms with Gasteiger partial charge in [0.05, 0.1) is 17.4 Å². The summed E-state index contributed by atoms with van der Waals surface area (Å²) in [5.41, 5.74) is -3.08. The Hall–Kier alpha value is -4.39. The van der Waals surface area contributed by atoms with Gasteiger partial charge in [0.2, 0.25) is 12.8 Å². The first-order valence-corrected chi connectivity index (χ1v) is 18.9. The minimum atomic E-state index is -3.56. The molecule has 0 fully saturated rings. The molecule has 15 heteroatoms. The number of Topliss-reactive ketones (excluding diaryl/α,β-unsaturated/α-hetero) is 1. The van der Waals surface area contributed by atoms with E-state index in [4.69, 9.17) is 14.0 Å². The average Bonchev–Trinajstić information content (AvgIpc) is 3.08. The summed E-state index contributed by atoms with van der Waals surface area (Å²) in [6.07, 6.45) is 0.925. The molecule has 2 N–H and O–H groups in total. The molecule has 4 rings (SSSR count). The second-order valence-corrected chi connectivity index (χ2v) is 16.3. The number of amides is 1. The lowest BCUT2D eigenvalue weighted by Gasteiger charge is -2.46. The van der Waals surface area contributed by atoms with Gasteiger partial charge in [0.15, 0.2) is 11.5 Å². The zero-order valence-corrected chi connectivity index (χ0v) is 31.1. The van der Waals surface area contributed by atoms with Crippen LogP contribution < -0.4 is 15.3 Å². The SMILES string of the molecule is COCCC1(C)C(=O)c2c(O)c(=O)c(C(=O)NCc3ccc(F)cc3F)cn2CC1N(C)CCP(=O)(C[C@H](C)C(=O)OC(C)C)Oc1ccccc1. The number of ketones is 1. The quantitative estimate of drug-likeness (QED) is 0.147. The van der Waals surface area contributed by atoms with Gasteiger partial charge < -0.3 is 33.9 Å². The van der Waals surface area contributed by atoms with Crippen LogP contribution in [0.2, 0.25) is 0 Å². The van der Waals surface area contributed by atoms with Crippen molar-refractivity contribution in [2.45, 2.75) is 59.4 Å². The molecular formula is C37H46F2N3O9P. The van der Waals surface area contributed by atoms with Gasteiger partial charge in [-0.05, 0) is 45.5 Å². The molecule has 1 aliphatic rings. The number of likely N-dealkylation sites (N-methyl/N-ethyl adjacent to an activating group) is 1. The first-order chi connectivity index (χ1) is 24.5. The lowest BCUT2D eigenvalue weighted by Crippen LogP contribution is -2.56. The molecule has 0 saturated heterocycles. The second-order valence-electron chi connectivity index (χ2n) is 13.6. The van der Waals surface area contributed by atoms with Crippen LogP contribution in [-0.2, 0) is 31.9 Å². The summed E-state index contributed by atoms with van der Waals surface area (Å²) >= 11 is 0. The molecule has 2 heterocycles. The van der Waals surface area contributed by atoms with E-state index in [2.05, 4.69) is 5.32 Å². The van der Waals surface area contributed by atoms with Crippen molar-refractivity contribution >= 4 is 25.0 Å². The molecule has 4 atom stereocenters. The van der Waals surface area contributed by atoms with Crippen LogP contribution >= 0.6 is 7.37 Å². The number of hydrogen-bond donors (Lipinski definition) is 2. The van der Waals surface area contributed by atoms with Crippen LogP contribution in [-0.4, -0.2) is 84.0 Å². The Morgan fingerprint density at radius 2 is 1.83 bits per heavy atom. The van der Waals surface area contributed by atoms with Gasteiger partial charge in [-0.25, -0.2) is 8.78 Å². The van der Waals surface area contributed by atoms with E-state index in [0.717, 1.165) is 12.1 Å². The fourth-order valence-electron chi connectivity index (χ4n) is 6.31. The number of pyridine rings is 1. The number of esters is 1. The van der Waals surface area contributed by atoms with Crippen molar-refractivity contribution in [2.75, 3.05) is 39.6 Å². The maximum atomic E-state index is 14.5. The molecular weight excluding hydrogens is 699 g/mol. The Morgan fingerprint density at radius 3 is 2.46 bits per heavy atom. The number of hydrogen-bond acceptors (Lipinski definition) is 10. The molecule has 3 unspecified atom stereocenters. The number of nitrogens with zero attached hydrogens (tertiary/aromatic N) is 2. The maximum absolute atomic E-state index is 14.5. The molecule has 12 nitrogen and oxygen atoms in total. The van der Waals surface area contributed by atoms with E-state index in [1.165, 1.54) is 17.9 Å². The first kappa shape index (κ1) is 40.4. The normalized spacial score (nSPS) is 18.8. The minimum Gasteiger partial charge on any atom is -0.503 e. The molecule has 282 valence electrons. The Bertz CT molecular complexity index is 1890. The number of rotatable bonds is 16. The summed E-state index contributed by atoms with van der Waals surface area (Å²) in [4.78, 5) is 55.2. The van der Waals surface area contributed by atoms with Gasteiger partial charge >= 0.3 is 5.97 Å². The van der Waals surface area contributed by atoms with Gasteiger partial charge in [-0.2, -0.15) is 0 Å². The van der Waals surface area contributed by atoms with Crippen molar-refractivity contribution < 1.29 is 46.8 Å². The molecule has 52 heavy (non-hydrogen) atoms. The van der Waals surface area contributed by atoms with E-state index < -0.39 is 70.8 Å². The molecule has 0 radical (unpaired) electrons. The van der Waals surface area contributed by atoms with Crippen molar-refractivity contribution in [1.82, 2.24) is 14.8 Å². The van der Waals surface area contributed by atoms with Crippen molar-refractivity contribution in [1.29, 1.82) is 0 Å². The Labute approximate surface area is 301 Å². The highest BCUT2D eigenvalue weighted by Gasteiger charge is 2.49. The number of para-hydroxylation sites is 1. The molecule has 0 spiro atoms. The lowest BCUT2D eigenvalue weighted by atomic mass is 9.71. The third-order valence-corrected chi connectivity index (χ3v) is 11.8. The van der Waals surface area contributed by atoms with Gasteiger partial charge in [-0.1, -0.05) is 38.1 Å². The lowest BCUT2D eigenvalue weighted by molar-refractivity contribution is -0.151. The van der Waals surface area contributed by atoms with E-state index in [1.54, 1.807) is 65.1 Å². The zero-order chi connectivity index (χ0) is 38.4. The van der Waals surface area contributed by atoms with Crippen LogP contribution in [0.25, 0.3) is 0 Å². The number of carbonyl (C=O) groups excluding carboxylic acids is 3. The summed E-state index contributed by atoms with van der Waals surface area (Å²) in [6, 6.07) is 10.8. The number of fused-ring (bicyclic) bond motifs is 1. The summed E-state index contributed by atoms with van der Waals surface area (Å²) < 4.78 is 60.1. The van der Waals surface area contributed by atoms with Crippen molar-refractivity contribution in [3.63, 3.8) is 0 Å². The number of halogens is 2. The van der Waals surface area contributed by atoms with Crippen LogP contribution in [0.5, 0.6) is 11.5 Å². The van der Waals surface area contributed by atoms with E-state index >= 15 is 0 Å². The molecule has 1 amide bonds. The third kappa shape index (κ3) is 9.33. The summed E-state index contributed by atoms with van der Waals surface area (Å²) in [5.74, 6) is -4.94. The Kier molecular flexibility index (Phi) is 13.2. The molecule has 0 bridgehead atoms. The van der Waals surface area contributed by atoms with Crippen LogP contribution in [0.3, 0.4) is 0 Å². The molecule has 3 aromatic rings. The Balaban J connectivity index is 1.64. The molecule has 1 aromatic heterocycles. The van der Waals surface area contributed by atoms with E-state index in [9.17, 15) is 37.6 Å². The highest BCUT2D eigenvalue weighted by molar-refractivity contribution is 7.59. The van der Waals surface area contributed by atoms with Crippen LogP contribution in [0.1, 0.15) is 60.5 Å². The first-order valence-electron chi connectivity index (χ1n) is 17.0. The number of ether oxygens (including phenoxy) is 2. The standard InChI is InChI=1S/C37H46F2N3O9P/c1-23(2)50-36(47)24(3)22-52(48,51-27-10-8-7-9-11-27)17-15-41(5)30-21-42-20-28(35(46)40-19-25-12-13-26(38)18-29(25)39)32(43)33(44)31(42)34(45)37(30,4)14-16-49-6/h7-13,18,20,23-24,30,44H,14-17,19,21-22H2,1-6H3,(H,40,46)/t24-,30?,37?,52?/m0/s1. The van der Waals surface area contributed by atoms with E-state index in [1.807, 2.05) is 4.90 Å². The van der Waals surface area contributed by atoms with Crippen molar-refractivity contribution in [3.05, 3.63) is 93.4 Å². The van der Waals surface area contributed by atoms with Crippen LogP contribution in [0, 0.1) is 23.0 Å². The minimum absolute atomic E-state index is 0.00138. The number of aromatic hydroxyl groups is 1. The summed E-state index contributed by atoms with van der Waals surface area (Å²) in [5, 5.41) is 13.5. The fourth-order valence-corrected chi connectivity index (χ4v) is 8.77. The molecule has 0 aliphatic carbocycles. The largest absolute Gasteiger partial charge is 0.503 e. The Morgan fingerprint density at radius 1 is 1.13 bits per heavy atom. The number of nitrogens with one attached hydrogen (secondary N) is 1. The number of carbonyl (C=O) groups is 3. The molecule has 1 aliphatic heterocycles. The van der Waals surface area contributed by atoms with E-state index in [0.29, 0.717) is 11.8 Å². The average molecular weight is 746 g/mol. The van der Waals surface area contributed by atoms with Gasteiger partial charge in [-0.3, -0.25) is 23.7 Å². The van der Waals surface area contributed by atoms with Gasteiger partial charge in [-0.15, -0.1) is 0 Å². The monoisotopic (exact) mass is 745 g/mol. The second kappa shape index (κ2) is 17.0. The summed E-state index contributed by atoms with van der Waals surface area (Å²) in [7, 11) is -0.336. The third-order valence-electron chi connectivity index (χ3n) is 9.27. The number of methoxy groups -OCH3 is 1. The highest BCUT2D eigenvalue weighted by Crippen LogP contribution is 2.49. The highest BCUT2D eigenvalue weighted by atomic mass is 31.2. The number of aromatic nitrogens is 1. The smallest absolute Gasteiger partial charge is 0.309 e. The van der Waals surface area contributed by atoms with Gasteiger partial charge in [0, 0.05) is 69.5 Å².